The zero-order chi connectivity index (χ0) is 16.1. The van der Waals surface area contributed by atoms with E-state index in [1.54, 1.807) is 25.1 Å². The molecule has 1 atom stereocenters. The maximum atomic E-state index is 12.3. The molecule has 22 heavy (non-hydrogen) atoms. The lowest BCUT2D eigenvalue weighted by Gasteiger charge is -2.11. The molecule has 2 aromatic rings. The number of benzene rings is 1. The summed E-state index contributed by atoms with van der Waals surface area (Å²) in [6.45, 7) is 1.86. The third kappa shape index (κ3) is 3.46. The molecule has 6 nitrogen and oxygen atoms in total. The highest BCUT2D eigenvalue weighted by atomic mass is 35.5. The molecule has 0 saturated heterocycles. The topological polar surface area (TPSA) is 84.1 Å². The van der Waals surface area contributed by atoms with Gasteiger partial charge < -0.3 is 10.1 Å². The standard InChI is InChI=1S/C15H16ClN3O3/c1-9(15(21)22-2)7-17-14(20)11-8-18-19-13(11)10-5-3-4-6-12(10)16/h3-6,8-9H,7H2,1-2H3,(H,17,20)(H,18,19)/t9-/m0/s1. The predicted octanol–water partition coefficient (Wildman–Crippen LogP) is 2.27. The summed E-state index contributed by atoms with van der Waals surface area (Å²) in [5.74, 6) is -1.14. The Kier molecular flexibility index (Phi) is 5.16. The van der Waals surface area contributed by atoms with Crippen molar-refractivity contribution in [2.75, 3.05) is 13.7 Å². The maximum Gasteiger partial charge on any atom is 0.310 e. The van der Waals surface area contributed by atoms with Crippen LogP contribution in [0.1, 0.15) is 17.3 Å². The summed E-state index contributed by atoms with van der Waals surface area (Å²) in [6.07, 6.45) is 1.43. The monoisotopic (exact) mass is 321 g/mol. The molecule has 1 aromatic heterocycles. The zero-order valence-corrected chi connectivity index (χ0v) is 13.0. The Morgan fingerprint density at radius 2 is 2.14 bits per heavy atom. The van der Waals surface area contributed by atoms with E-state index in [-0.39, 0.29) is 18.4 Å². The SMILES string of the molecule is COC(=O)[C@@H](C)CNC(=O)c1cn[nH]c1-c1ccccc1Cl. The summed E-state index contributed by atoms with van der Waals surface area (Å²) < 4.78 is 4.62. The first-order chi connectivity index (χ1) is 10.5. The van der Waals surface area contributed by atoms with Gasteiger partial charge in [-0.25, -0.2) is 0 Å². The van der Waals surface area contributed by atoms with E-state index >= 15 is 0 Å². The summed E-state index contributed by atoms with van der Waals surface area (Å²) in [4.78, 5) is 23.6. The second kappa shape index (κ2) is 7.09. The molecule has 0 bridgehead atoms. The van der Waals surface area contributed by atoms with Crippen LogP contribution in [0.3, 0.4) is 0 Å². The third-order valence-electron chi connectivity index (χ3n) is 3.20. The first-order valence-electron chi connectivity index (χ1n) is 6.69. The number of hydrogen-bond donors (Lipinski definition) is 2. The normalized spacial score (nSPS) is 11.8. The molecule has 116 valence electrons. The smallest absolute Gasteiger partial charge is 0.310 e. The van der Waals surface area contributed by atoms with Crippen molar-refractivity contribution >= 4 is 23.5 Å². The third-order valence-corrected chi connectivity index (χ3v) is 3.53. The number of hydrogen-bond acceptors (Lipinski definition) is 4. The summed E-state index contributed by atoms with van der Waals surface area (Å²) in [6, 6.07) is 7.16. The second-order valence-corrected chi connectivity index (χ2v) is 5.18. The van der Waals surface area contributed by atoms with Gasteiger partial charge in [0.05, 0.1) is 30.5 Å². The van der Waals surface area contributed by atoms with Crippen molar-refractivity contribution in [2.24, 2.45) is 5.92 Å². The molecule has 7 heteroatoms. The van der Waals surface area contributed by atoms with Gasteiger partial charge >= 0.3 is 5.97 Å². The number of halogens is 1. The van der Waals surface area contributed by atoms with Crippen molar-refractivity contribution in [3.05, 3.63) is 41.0 Å². The van der Waals surface area contributed by atoms with Crippen LogP contribution < -0.4 is 5.32 Å². The number of nitrogens with zero attached hydrogens (tertiary/aromatic N) is 1. The van der Waals surface area contributed by atoms with Crippen LogP contribution in [0.15, 0.2) is 30.5 Å². The maximum absolute atomic E-state index is 12.3. The van der Waals surface area contributed by atoms with Gasteiger partial charge in [-0.2, -0.15) is 5.10 Å². The lowest BCUT2D eigenvalue weighted by Crippen LogP contribution is -2.32. The van der Waals surface area contributed by atoms with Crippen LogP contribution in [0.2, 0.25) is 5.02 Å². The summed E-state index contributed by atoms with van der Waals surface area (Å²) in [5.41, 5.74) is 1.59. The van der Waals surface area contributed by atoms with Crippen LogP contribution in [0.4, 0.5) is 0 Å². The van der Waals surface area contributed by atoms with Gasteiger partial charge in [0.1, 0.15) is 0 Å². The van der Waals surface area contributed by atoms with Gasteiger partial charge in [-0.05, 0) is 6.07 Å². The summed E-state index contributed by atoms with van der Waals surface area (Å²) in [5, 5.41) is 9.89. The molecule has 1 amide bonds. The van der Waals surface area contributed by atoms with Gasteiger partial charge in [-0.1, -0.05) is 36.7 Å². The molecular weight excluding hydrogens is 306 g/mol. The minimum absolute atomic E-state index is 0.179. The van der Waals surface area contributed by atoms with Crippen molar-refractivity contribution in [3.8, 4) is 11.3 Å². The quantitative estimate of drug-likeness (QED) is 0.827. The fourth-order valence-corrected chi connectivity index (χ4v) is 2.18. The number of aromatic nitrogens is 2. The van der Waals surface area contributed by atoms with Crippen molar-refractivity contribution in [3.63, 3.8) is 0 Å². The van der Waals surface area contributed by atoms with E-state index in [1.807, 2.05) is 6.07 Å². The molecular formula is C15H16ClN3O3. The van der Waals surface area contributed by atoms with Crippen LogP contribution in [-0.2, 0) is 9.53 Å². The summed E-state index contributed by atoms with van der Waals surface area (Å²) >= 11 is 6.14. The van der Waals surface area contributed by atoms with Gasteiger partial charge in [0.2, 0.25) is 0 Å². The lowest BCUT2D eigenvalue weighted by molar-refractivity contribution is -0.144. The van der Waals surface area contributed by atoms with E-state index in [2.05, 4.69) is 20.3 Å². The van der Waals surface area contributed by atoms with Gasteiger partial charge in [0.15, 0.2) is 0 Å². The van der Waals surface area contributed by atoms with E-state index in [0.717, 1.165) is 0 Å². The molecule has 0 fully saturated rings. The minimum Gasteiger partial charge on any atom is -0.469 e. The highest BCUT2D eigenvalue weighted by molar-refractivity contribution is 6.33. The van der Waals surface area contributed by atoms with Crippen molar-refractivity contribution in [1.82, 2.24) is 15.5 Å². The van der Waals surface area contributed by atoms with Crippen molar-refractivity contribution < 1.29 is 14.3 Å². The predicted molar refractivity (Wildman–Crippen MR) is 82.5 cm³/mol. The lowest BCUT2D eigenvalue weighted by atomic mass is 10.1. The minimum atomic E-state index is -0.426. The summed E-state index contributed by atoms with van der Waals surface area (Å²) in [7, 11) is 1.31. The molecule has 2 rings (SSSR count). The number of nitrogens with one attached hydrogen (secondary N) is 2. The van der Waals surface area contributed by atoms with E-state index in [1.165, 1.54) is 13.3 Å². The molecule has 0 radical (unpaired) electrons. The average molecular weight is 322 g/mol. The number of aromatic amines is 1. The molecule has 0 saturated carbocycles. The molecule has 0 aliphatic rings. The molecule has 1 aromatic carbocycles. The zero-order valence-electron chi connectivity index (χ0n) is 12.2. The molecule has 0 unspecified atom stereocenters. The van der Waals surface area contributed by atoms with Crippen LogP contribution in [0, 0.1) is 5.92 Å². The van der Waals surface area contributed by atoms with Crippen molar-refractivity contribution in [1.29, 1.82) is 0 Å². The fourth-order valence-electron chi connectivity index (χ4n) is 1.95. The Morgan fingerprint density at radius 1 is 1.41 bits per heavy atom. The van der Waals surface area contributed by atoms with E-state index in [0.29, 0.717) is 21.8 Å². The van der Waals surface area contributed by atoms with Gasteiger partial charge in [0.25, 0.3) is 5.91 Å². The Bertz CT molecular complexity index is 684. The molecule has 0 aliphatic carbocycles. The number of methoxy groups -OCH3 is 1. The Hall–Kier alpha value is -2.34. The number of carbonyl (C=O) groups is 2. The van der Waals surface area contributed by atoms with Crippen LogP contribution >= 0.6 is 11.6 Å². The number of carbonyl (C=O) groups excluding carboxylic acids is 2. The fraction of sp³-hybridized carbons (Fsp3) is 0.267. The number of esters is 1. The van der Waals surface area contributed by atoms with E-state index < -0.39 is 5.92 Å². The number of rotatable bonds is 5. The number of H-pyrrole nitrogens is 1. The Labute approximate surface area is 132 Å². The molecule has 1 heterocycles. The van der Waals surface area contributed by atoms with Gasteiger partial charge in [-0.15, -0.1) is 0 Å². The first kappa shape index (κ1) is 16.0. The van der Waals surface area contributed by atoms with E-state index in [9.17, 15) is 9.59 Å². The van der Waals surface area contributed by atoms with Crippen molar-refractivity contribution in [2.45, 2.75) is 6.92 Å². The highest BCUT2D eigenvalue weighted by Crippen LogP contribution is 2.28. The molecule has 0 spiro atoms. The molecule has 2 N–H and O–H groups in total. The van der Waals surface area contributed by atoms with Gasteiger partial charge in [0, 0.05) is 17.1 Å². The number of ether oxygens (including phenoxy) is 1. The largest absolute Gasteiger partial charge is 0.469 e. The Morgan fingerprint density at radius 3 is 2.82 bits per heavy atom. The first-order valence-corrected chi connectivity index (χ1v) is 7.06. The van der Waals surface area contributed by atoms with Crippen LogP contribution in [0.25, 0.3) is 11.3 Å². The second-order valence-electron chi connectivity index (χ2n) is 4.77. The highest BCUT2D eigenvalue weighted by Gasteiger charge is 2.19. The van der Waals surface area contributed by atoms with Crippen LogP contribution in [0.5, 0.6) is 0 Å². The Balaban J connectivity index is 2.14. The van der Waals surface area contributed by atoms with Crippen LogP contribution in [-0.4, -0.2) is 35.7 Å². The molecule has 0 aliphatic heterocycles. The number of amides is 1. The van der Waals surface area contributed by atoms with E-state index in [4.69, 9.17) is 11.6 Å². The van der Waals surface area contributed by atoms with Gasteiger partial charge in [-0.3, -0.25) is 14.7 Å². The average Bonchev–Trinajstić information content (AvgIpc) is 3.01.